The quantitative estimate of drug-likeness (QED) is 0.550. The number of para-hydroxylation sites is 1. The smallest absolute Gasteiger partial charge is 0.385 e. The topological polar surface area (TPSA) is 87.3 Å². The Bertz CT molecular complexity index is 888. The average molecular weight is 415 g/mol. The summed E-state index contributed by atoms with van der Waals surface area (Å²) in [7, 11) is -4.23. The molecule has 152 valence electrons. The number of nitrogens with one attached hydrogen (secondary N) is 3. The molecule has 28 heavy (non-hydrogen) atoms. The van der Waals surface area contributed by atoms with E-state index in [1.54, 1.807) is 0 Å². The number of sulfonamides is 1. The molecule has 0 radical (unpaired) electrons. The highest BCUT2D eigenvalue weighted by Crippen LogP contribution is 2.30. The minimum atomic E-state index is -4.66. The monoisotopic (exact) mass is 415 g/mol. The van der Waals surface area contributed by atoms with Crippen LogP contribution in [0.25, 0.3) is 0 Å². The molecule has 0 aliphatic heterocycles. The second kappa shape index (κ2) is 9.56. The van der Waals surface area contributed by atoms with Crippen molar-refractivity contribution in [1.82, 2.24) is 10.0 Å². The van der Waals surface area contributed by atoms with Gasteiger partial charge in [0, 0.05) is 18.8 Å². The molecule has 0 spiro atoms. The van der Waals surface area contributed by atoms with Crippen molar-refractivity contribution in [3.63, 3.8) is 0 Å². The van der Waals surface area contributed by atoms with Gasteiger partial charge in [0.05, 0.1) is 17.0 Å². The first-order chi connectivity index (χ1) is 13.2. The number of carbonyl (C=O) groups excluding carboxylic acids is 1. The van der Waals surface area contributed by atoms with Crippen LogP contribution >= 0.6 is 0 Å². The summed E-state index contributed by atoms with van der Waals surface area (Å²) < 4.78 is 64.2. The lowest BCUT2D eigenvalue weighted by Crippen LogP contribution is -2.37. The van der Waals surface area contributed by atoms with E-state index < -0.39 is 39.1 Å². The number of alkyl halides is 3. The van der Waals surface area contributed by atoms with Gasteiger partial charge in [-0.3, -0.25) is 4.79 Å². The summed E-state index contributed by atoms with van der Waals surface area (Å²) in [5.41, 5.74) is -0.131. The van der Waals surface area contributed by atoms with E-state index in [1.165, 1.54) is 0 Å². The molecule has 0 aliphatic rings. The predicted octanol–water partition coefficient (Wildman–Crippen LogP) is 2.60. The number of hydrogen-bond acceptors (Lipinski definition) is 4. The van der Waals surface area contributed by atoms with E-state index in [9.17, 15) is 26.4 Å². The zero-order valence-electron chi connectivity index (χ0n) is 14.8. The first kappa shape index (κ1) is 21.7. The highest BCUT2D eigenvalue weighted by molar-refractivity contribution is 7.89. The molecule has 6 nitrogen and oxygen atoms in total. The van der Waals surface area contributed by atoms with Gasteiger partial charge in [-0.2, -0.15) is 13.2 Å². The molecule has 0 saturated carbocycles. The number of rotatable bonds is 9. The molecule has 0 unspecified atom stereocenters. The molecule has 3 N–H and O–H groups in total. The van der Waals surface area contributed by atoms with Crippen LogP contribution in [0, 0.1) is 0 Å². The Morgan fingerprint density at radius 1 is 0.964 bits per heavy atom. The summed E-state index contributed by atoms with van der Waals surface area (Å²) in [6, 6.07) is 12.8. The lowest BCUT2D eigenvalue weighted by Gasteiger charge is -2.11. The van der Waals surface area contributed by atoms with Crippen molar-refractivity contribution in [2.24, 2.45) is 0 Å². The minimum Gasteiger partial charge on any atom is -0.385 e. The third kappa shape index (κ3) is 6.86. The van der Waals surface area contributed by atoms with Crippen LogP contribution in [0.3, 0.4) is 0 Å². The van der Waals surface area contributed by atoms with E-state index in [0.29, 0.717) is 25.6 Å². The van der Waals surface area contributed by atoms with E-state index in [4.69, 9.17) is 0 Å². The third-order valence-corrected chi connectivity index (χ3v) is 5.07. The molecule has 0 saturated heterocycles. The van der Waals surface area contributed by atoms with E-state index >= 15 is 0 Å². The minimum absolute atomic E-state index is 0.323. The van der Waals surface area contributed by atoms with E-state index in [2.05, 4.69) is 10.6 Å². The standard InChI is InChI=1S/C18H20F3N3O3S/c19-18(20,21)14-6-4-9-16(12-14)28(26,27)24-13-17(25)23-11-5-10-22-15-7-2-1-3-8-15/h1-4,6-9,12,22,24H,5,10-11,13H2,(H,23,25). The Hall–Kier alpha value is -2.59. The Morgan fingerprint density at radius 2 is 1.68 bits per heavy atom. The molecule has 10 heteroatoms. The normalized spacial score (nSPS) is 11.8. The molecule has 0 atom stereocenters. The van der Waals surface area contributed by atoms with Gasteiger partial charge in [-0.05, 0) is 36.8 Å². The number of benzene rings is 2. The van der Waals surface area contributed by atoms with Gasteiger partial charge in [0.2, 0.25) is 15.9 Å². The summed E-state index contributed by atoms with van der Waals surface area (Å²) in [5, 5.41) is 5.70. The number of carbonyl (C=O) groups is 1. The van der Waals surface area contributed by atoms with Crippen LogP contribution in [0.1, 0.15) is 12.0 Å². The summed E-state index contributed by atoms with van der Waals surface area (Å²) in [5.74, 6) is -0.574. The molecule has 0 heterocycles. The molecule has 1 amide bonds. The molecule has 0 fully saturated rings. The van der Waals surface area contributed by atoms with Crippen LogP contribution in [0.5, 0.6) is 0 Å². The Labute approximate surface area is 161 Å². The van der Waals surface area contributed by atoms with Crippen molar-refractivity contribution in [2.45, 2.75) is 17.5 Å². The lowest BCUT2D eigenvalue weighted by molar-refractivity contribution is -0.137. The van der Waals surface area contributed by atoms with Gasteiger partial charge >= 0.3 is 6.18 Å². The molecule has 2 aromatic rings. The average Bonchev–Trinajstić information content (AvgIpc) is 2.66. The first-order valence-electron chi connectivity index (χ1n) is 8.41. The number of halogens is 3. The zero-order valence-corrected chi connectivity index (χ0v) is 15.6. The maximum atomic E-state index is 12.7. The molecule has 2 aromatic carbocycles. The van der Waals surface area contributed by atoms with Crippen LogP contribution in [0.15, 0.2) is 59.5 Å². The molecule has 2 rings (SSSR count). The van der Waals surface area contributed by atoms with E-state index in [0.717, 1.165) is 23.9 Å². The second-order valence-corrected chi connectivity index (χ2v) is 7.61. The Kier molecular flexibility index (Phi) is 7.41. The maximum Gasteiger partial charge on any atom is 0.416 e. The first-order valence-corrected chi connectivity index (χ1v) is 9.89. The van der Waals surface area contributed by atoms with Gasteiger partial charge < -0.3 is 10.6 Å². The van der Waals surface area contributed by atoms with Gasteiger partial charge in [-0.1, -0.05) is 24.3 Å². The third-order valence-electron chi connectivity index (χ3n) is 3.67. The Balaban J connectivity index is 1.75. The van der Waals surface area contributed by atoms with Crippen molar-refractivity contribution in [1.29, 1.82) is 0 Å². The van der Waals surface area contributed by atoms with Crippen LogP contribution < -0.4 is 15.4 Å². The highest BCUT2D eigenvalue weighted by Gasteiger charge is 2.31. The van der Waals surface area contributed by atoms with Crippen molar-refractivity contribution in [3.05, 3.63) is 60.2 Å². The maximum absolute atomic E-state index is 12.7. The number of anilines is 1. The van der Waals surface area contributed by atoms with Crippen molar-refractivity contribution >= 4 is 21.6 Å². The molecule has 0 aromatic heterocycles. The van der Waals surface area contributed by atoms with Crippen LogP contribution in [0.4, 0.5) is 18.9 Å². The molecular weight excluding hydrogens is 395 g/mol. The van der Waals surface area contributed by atoms with Gasteiger partial charge in [0.1, 0.15) is 0 Å². The van der Waals surface area contributed by atoms with Crippen LogP contribution in [-0.4, -0.2) is 34.0 Å². The van der Waals surface area contributed by atoms with E-state index in [-0.39, 0.29) is 0 Å². The largest absolute Gasteiger partial charge is 0.416 e. The van der Waals surface area contributed by atoms with Gasteiger partial charge in [0.25, 0.3) is 0 Å². The van der Waals surface area contributed by atoms with Crippen molar-refractivity contribution in [3.8, 4) is 0 Å². The summed E-state index contributed by atoms with van der Waals surface area (Å²) >= 11 is 0. The van der Waals surface area contributed by atoms with E-state index in [1.807, 2.05) is 35.1 Å². The van der Waals surface area contributed by atoms with Crippen LogP contribution in [0.2, 0.25) is 0 Å². The number of amides is 1. The zero-order chi connectivity index (χ0) is 20.6. The number of hydrogen-bond donors (Lipinski definition) is 3. The fourth-order valence-corrected chi connectivity index (χ4v) is 3.28. The summed E-state index contributed by atoms with van der Waals surface area (Å²) in [6.07, 6.45) is -4.04. The van der Waals surface area contributed by atoms with Crippen molar-refractivity contribution < 1.29 is 26.4 Å². The Morgan fingerprint density at radius 3 is 2.36 bits per heavy atom. The lowest BCUT2D eigenvalue weighted by atomic mass is 10.2. The fourth-order valence-electron chi connectivity index (χ4n) is 2.25. The van der Waals surface area contributed by atoms with Gasteiger partial charge in [-0.15, -0.1) is 0 Å². The van der Waals surface area contributed by atoms with Gasteiger partial charge in [-0.25, -0.2) is 13.1 Å². The van der Waals surface area contributed by atoms with Gasteiger partial charge in [0.15, 0.2) is 0 Å². The fraction of sp³-hybridized carbons (Fsp3) is 0.278. The summed E-state index contributed by atoms with van der Waals surface area (Å²) in [6.45, 7) is 0.370. The molecule has 0 aliphatic carbocycles. The molecular formula is C18H20F3N3O3S. The molecule has 0 bridgehead atoms. The predicted molar refractivity (Wildman–Crippen MR) is 99.2 cm³/mol. The van der Waals surface area contributed by atoms with Crippen molar-refractivity contribution in [2.75, 3.05) is 25.0 Å². The highest BCUT2D eigenvalue weighted by atomic mass is 32.2. The SMILES string of the molecule is O=C(CNS(=O)(=O)c1cccc(C(F)(F)F)c1)NCCCNc1ccccc1. The summed E-state index contributed by atoms with van der Waals surface area (Å²) in [4.78, 5) is 11.2. The second-order valence-electron chi connectivity index (χ2n) is 5.85. The van der Waals surface area contributed by atoms with Crippen LogP contribution in [-0.2, 0) is 21.0 Å².